The maximum atomic E-state index is 6.73. The molecule has 3 heterocycles. The van der Waals surface area contributed by atoms with Gasteiger partial charge in [-0.25, -0.2) is 0 Å². The highest BCUT2D eigenvalue weighted by Crippen LogP contribution is 2.42. The van der Waals surface area contributed by atoms with Crippen molar-refractivity contribution < 1.29 is 0 Å². The molecule has 0 fully saturated rings. The summed E-state index contributed by atoms with van der Waals surface area (Å²) in [6.07, 6.45) is 3.83. The fourth-order valence-corrected chi connectivity index (χ4v) is 7.53. The lowest BCUT2D eigenvalue weighted by atomic mass is 9.88. The fraction of sp³-hybridized carbons (Fsp3) is 0. The molecule has 50 heavy (non-hydrogen) atoms. The van der Waals surface area contributed by atoms with Crippen LogP contribution in [0.3, 0.4) is 0 Å². The van der Waals surface area contributed by atoms with Crippen LogP contribution in [0.4, 0.5) is 5.69 Å². The number of pyridine rings is 1. The maximum Gasteiger partial charge on any atom is 0.0963 e. The average Bonchev–Trinajstić information content (AvgIpc) is 3.67. The fourth-order valence-electron chi connectivity index (χ4n) is 7.38. The number of nitrogens with two attached hydrogens (primary N) is 1. The Hall–Kier alpha value is -6.30. The number of benzene rings is 6. The standard InChI is InChI=1S/C45H32N4S/c46-44-36-16-7-9-18-40(36)48(42(44)25-27-50)32-21-23-34(38(28-32)30-12-3-1-4-13-30)35-24-22-33(29-39(35)31-14-5-2-6-15-31)49-41-19-10-8-17-37(41)45-43(49)20-11-26-47-45/h1-29,50H,46H2/b27-25-. The molecule has 0 bridgehead atoms. The second kappa shape index (κ2) is 12.3. The average molecular weight is 661 g/mol. The normalized spacial score (nSPS) is 11.7. The van der Waals surface area contributed by atoms with Gasteiger partial charge in [0.05, 0.1) is 33.4 Å². The van der Waals surface area contributed by atoms with E-state index in [2.05, 4.69) is 167 Å². The summed E-state index contributed by atoms with van der Waals surface area (Å²) >= 11 is 4.42. The van der Waals surface area contributed by atoms with E-state index in [0.717, 1.165) is 89.0 Å². The number of para-hydroxylation sites is 2. The Morgan fingerprint density at radius 2 is 1.02 bits per heavy atom. The van der Waals surface area contributed by atoms with E-state index in [1.165, 1.54) is 0 Å². The van der Waals surface area contributed by atoms with E-state index >= 15 is 0 Å². The van der Waals surface area contributed by atoms with Gasteiger partial charge in [0.2, 0.25) is 0 Å². The highest BCUT2D eigenvalue weighted by Gasteiger charge is 2.20. The third kappa shape index (κ3) is 4.82. The predicted molar refractivity (Wildman–Crippen MR) is 214 cm³/mol. The van der Waals surface area contributed by atoms with Gasteiger partial charge in [-0.2, -0.15) is 12.6 Å². The molecule has 0 saturated carbocycles. The highest BCUT2D eigenvalue weighted by molar-refractivity contribution is 7.83. The van der Waals surface area contributed by atoms with Crippen molar-refractivity contribution in [2.24, 2.45) is 0 Å². The van der Waals surface area contributed by atoms with E-state index in [-0.39, 0.29) is 0 Å². The molecule has 238 valence electrons. The van der Waals surface area contributed by atoms with Crippen LogP contribution < -0.4 is 5.73 Å². The van der Waals surface area contributed by atoms with Crippen molar-refractivity contribution in [3.8, 4) is 44.8 Å². The van der Waals surface area contributed by atoms with Crippen molar-refractivity contribution in [3.05, 3.63) is 175 Å². The summed E-state index contributed by atoms with van der Waals surface area (Å²) in [7, 11) is 0. The molecule has 3 aromatic heterocycles. The van der Waals surface area contributed by atoms with Crippen LogP contribution in [0.1, 0.15) is 5.69 Å². The molecular formula is C45H32N4S. The first kappa shape index (κ1) is 29.8. The minimum absolute atomic E-state index is 0.735. The number of fused-ring (bicyclic) bond motifs is 4. The maximum absolute atomic E-state index is 6.73. The van der Waals surface area contributed by atoms with Crippen LogP contribution in [-0.4, -0.2) is 14.1 Å². The van der Waals surface area contributed by atoms with Crippen molar-refractivity contribution in [1.29, 1.82) is 0 Å². The van der Waals surface area contributed by atoms with Crippen LogP contribution in [0.25, 0.3) is 83.7 Å². The van der Waals surface area contributed by atoms with Gasteiger partial charge in [0.25, 0.3) is 0 Å². The van der Waals surface area contributed by atoms with E-state index in [0.29, 0.717) is 0 Å². The number of thiol groups is 1. The molecule has 0 spiro atoms. The van der Waals surface area contributed by atoms with Gasteiger partial charge in [0.15, 0.2) is 0 Å². The van der Waals surface area contributed by atoms with Gasteiger partial charge in [-0.1, -0.05) is 109 Å². The summed E-state index contributed by atoms with van der Waals surface area (Å²) in [6.45, 7) is 0. The largest absolute Gasteiger partial charge is 0.396 e. The minimum Gasteiger partial charge on any atom is -0.396 e. The molecule has 4 nitrogen and oxygen atoms in total. The molecule has 0 aliphatic rings. The monoisotopic (exact) mass is 660 g/mol. The molecule has 0 radical (unpaired) electrons. The van der Waals surface area contributed by atoms with E-state index in [1.807, 2.05) is 24.4 Å². The second-order valence-corrected chi connectivity index (χ2v) is 12.7. The number of nitrogen functional groups attached to an aromatic ring is 1. The number of anilines is 1. The third-order valence-electron chi connectivity index (χ3n) is 9.59. The summed E-state index contributed by atoms with van der Waals surface area (Å²) in [6, 6.07) is 55.8. The molecule has 0 atom stereocenters. The highest BCUT2D eigenvalue weighted by atomic mass is 32.1. The third-order valence-corrected chi connectivity index (χ3v) is 9.74. The molecule has 0 saturated heterocycles. The Kier molecular flexibility index (Phi) is 7.33. The van der Waals surface area contributed by atoms with Crippen molar-refractivity contribution >= 4 is 57.2 Å². The summed E-state index contributed by atoms with van der Waals surface area (Å²) < 4.78 is 4.55. The number of aromatic nitrogens is 3. The van der Waals surface area contributed by atoms with Gasteiger partial charge in [0, 0.05) is 28.3 Å². The Morgan fingerprint density at radius 3 is 1.64 bits per heavy atom. The van der Waals surface area contributed by atoms with Crippen molar-refractivity contribution in [1.82, 2.24) is 14.1 Å². The molecule has 0 amide bonds. The zero-order chi connectivity index (χ0) is 33.6. The van der Waals surface area contributed by atoms with Crippen LogP contribution in [0.2, 0.25) is 0 Å². The molecule has 9 rings (SSSR count). The zero-order valence-electron chi connectivity index (χ0n) is 27.1. The molecule has 0 aliphatic heterocycles. The predicted octanol–water partition coefficient (Wildman–Crippen LogP) is 11.6. The van der Waals surface area contributed by atoms with Crippen LogP contribution in [-0.2, 0) is 0 Å². The van der Waals surface area contributed by atoms with Gasteiger partial charge in [-0.15, -0.1) is 0 Å². The van der Waals surface area contributed by atoms with E-state index in [4.69, 9.17) is 10.7 Å². The summed E-state index contributed by atoms with van der Waals surface area (Å²) in [5, 5.41) is 3.90. The first-order chi connectivity index (χ1) is 24.7. The first-order valence-corrected chi connectivity index (χ1v) is 17.2. The topological polar surface area (TPSA) is 48.8 Å². The van der Waals surface area contributed by atoms with E-state index in [9.17, 15) is 0 Å². The van der Waals surface area contributed by atoms with Crippen molar-refractivity contribution in [3.63, 3.8) is 0 Å². The molecular weight excluding hydrogens is 629 g/mol. The molecule has 5 heteroatoms. The van der Waals surface area contributed by atoms with Gasteiger partial charge in [0.1, 0.15) is 0 Å². The molecule has 9 aromatic rings. The lowest BCUT2D eigenvalue weighted by molar-refractivity contribution is 1.11. The second-order valence-electron chi connectivity index (χ2n) is 12.4. The van der Waals surface area contributed by atoms with Crippen LogP contribution >= 0.6 is 12.6 Å². The van der Waals surface area contributed by atoms with Gasteiger partial charge in [-0.05, 0) is 93.4 Å². The molecule has 0 aliphatic carbocycles. The number of rotatable bonds is 6. The van der Waals surface area contributed by atoms with Crippen molar-refractivity contribution in [2.75, 3.05) is 5.73 Å². The first-order valence-electron chi connectivity index (χ1n) is 16.6. The smallest absolute Gasteiger partial charge is 0.0963 e. The van der Waals surface area contributed by atoms with Crippen molar-refractivity contribution in [2.45, 2.75) is 0 Å². The van der Waals surface area contributed by atoms with E-state index in [1.54, 1.807) is 5.41 Å². The SMILES string of the molecule is Nc1c(/C=C\S)n(-c2ccc(-c3ccc(-n4c5ccccc5c5ncccc54)cc3-c3ccccc3)c(-c3ccccc3)c2)c2ccccc12. The lowest BCUT2D eigenvalue weighted by Crippen LogP contribution is -2.00. The number of hydrogen-bond donors (Lipinski definition) is 2. The zero-order valence-corrected chi connectivity index (χ0v) is 28.0. The number of nitrogens with zero attached hydrogens (tertiary/aromatic N) is 3. The Morgan fingerprint density at radius 1 is 0.500 bits per heavy atom. The summed E-state index contributed by atoms with van der Waals surface area (Å²) in [5.74, 6) is 0. The lowest BCUT2D eigenvalue weighted by Gasteiger charge is -2.19. The summed E-state index contributed by atoms with van der Waals surface area (Å²) in [4.78, 5) is 4.78. The Bertz CT molecular complexity index is 2670. The Labute approximate surface area is 295 Å². The minimum atomic E-state index is 0.735. The Balaban J connectivity index is 1.31. The van der Waals surface area contributed by atoms with Crippen LogP contribution in [0, 0.1) is 0 Å². The molecule has 6 aromatic carbocycles. The van der Waals surface area contributed by atoms with E-state index < -0.39 is 0 Å². The quantitative estimate of drug-likeness (QED) is 0.174. The van der Waals surface area contributed by atoms with Gasteiger partial charge in [-0.3, -0.25) is 4.98 Å². The molecule has 0 unspecified atom stereocenters. The molecule has 2 N–H and O–H groups in total. The number of hydrogen-bond acceptors (Lipinski definition) is 3. The van der Waals surface area contributed by atoms with Gasteiger partial charge < -0.3 is 14.9 Å². The van der Waals surface area contributed by atoms with Crippen LogP contribution in [0.15, 0.2) is 169 Å². The van der Waals surface area contributed by atoms with Gasteiger partial charge >= 0.3 is 0 Å². The summed E-state index contributed by atoms with van der Waals surface area (Å²) in [5.41, 5.74) is 21.6. The van der Waals surface area contributed by atoms with Crippen LogP contribution in [0.5, 0.6) is 0 Å².